The van der Waals surface area contributed by atoms with Crippen molar-refractivity contribution in [2.75, 3.05) is 50.1 Å². The average Bonchev–Trinajstić information content (AvgIpc) is 3.54. The van der Waals surface area contributed by atoms with Crippen molar-refractivity contribution in [2.45, 2.75) is 12.6 Å². The monoisotopic (exact) mass is 477 g/mol. The van der Waals surface area contributed by atoms with Crippen molar-refractivity contribution in [1.82, 2.24) is 25.1 Å². The minimum atomic E-state index is -0.174. The summed E-state index contributed by atoms with van der Waals surface area (Å²) < 4.78 is 16.3. The molecule has 9 heteroatoms. The second-order valence-corrected chi connectivity index (χ2v) is 9.67. The first-order valence-corrected chi connectivity index (χ1v) is 12.3. The predicted molar refractivity (Wildman–Crippen MR) is 134 cm³/mol. The summed E-state index contributed by atoms with van der Waals surface area (Å²) in [5.74, 6) is 0.650. The number of hydrogen-bond donors (Lipinski definition) is 0. The van der Waals surface area contributed by atoms with Gasteiger partial charge in [-0.05, 0) is 51.7 Å². The number of hydrogen-bond acceptors (Lipinski definition) is 7. The normalized spacial score (nSPS) is 15.4. The number of para-hydroxylation sites is 1. The van der Waals surface area contributed by atoms with E-state index >= 15 is 0 Å². The number of anilines is 2. The van der Waals surface area contributed by atoms with Crippen LogP contribution in [0.1, 0.15) is 22.3 Å². The molecule has 0 saturated carbocycles. The van der Waals surface area contributed by atoms with E-state index in [1.54, 1.807) is 17.4 Å². The van der Waals surface area contributed by atoms with E-state index in [1.165, 1.54) is 10.9 Å². The first-order chi connectivity index (χ1) is 16.6. The van der Waals surface area contributed by atoms with E-state index in [1.807, 2.05) is 37.0 Å². The van der Waals surface area contributed by atoms with Crippen molar-refractivity contribution in [2.24, 2.45) is 0 Å². The third-order valence-corrected chi connectivity index (χ3v) is 7.15. The van der Waals surface area contributed by atoms with Crippen molar-refractivity contribution in [1.29, 1.82) is 0 Å². The van der Waals surface area contributed by atoms with Gasteiger partial charge in [0.25, 0.3) is 0 Å². The van der Waals surface area contributed by atoms with Gasteiger partial charge in [0, 0.05) is 50.8 Å². The van der Waals surface area contributed by atoms with Gasteiger partial charge in [0.15, 0.2) is 5.82 Å². The molecular formula is C25H28FN7S. The SMILES string of the molecule is CN(C)c1ccc([C@H](c2nnnn2Cc2cccs2)N2CCN(c3ccccc3F)CC2)cc1. The summed E-state index contributed by atoms with van der Waals surface area (Å²) in [7, 11) is 4.08. The second kappa shape index (κ2) is 9.90. The first kappa shape index (κ1) is 22.5. The Kier molecular flexibility index (Phi) is 6.55. The number of nitrogens with zero attached hydrogens (tertiary/aromatic N) is 7. The summed E-state index contributed by atoms with van der Waals surface area (Å²) in [6, 6.07) is 19.6. The number of halogens is 1. The zero-order valence-electron chi connectivity index (χ0n) is 19.4. The molecule has 0 N–H and O–H groups in total. The zero-order valence-corrected chi connectivity index (χ0v) is 20.2. The van der Waals surface area contributed by atoms with Gasteiger partial charge < -0.3 is 9.80 Å². The van der Waals surface area contributed by atoms with Crippen molar-refractivity contribution >= 4 is 22.7 Å². The van der Waals surface area contributed by atoms with E-state index < -0.39 is 0 Å². The summed E-state index contributed by atoms with van der Waals surface area (Å²) in [6.07, 6.45) is 0. The van der Waals surface area contributed by atoms with Gasteiger partial charge in [-0.1, -0.05) is 30.3 Å². The maximum absolute atomic E-state index is 14.4. The minimum absolute atomic E-state index is 0.0889. The van der Waals surface area contributed by atoms with Gasteiger partial charge in [-0.25, -0.2) is 9.07 Å². The van der Waals surface area contributed by atoms with Gasteiger partial charge in [-0.3, -0.25) is 4.90 Å². The molecule has 1 atom stereocenters. The van der Waals surface area contributed by atoms with Crippen molar-refractivity contribution in [3.63, 3.8) is 0 Å². The summed E-state index contributed by atoms with van der Waals surface area (Å²) in [5.41, 5.74) is 2.95. The van der Waals surface area contributed by atoms with Crippen LogP contribution in [0.2, 0.25) is 0 Å². The fourth-order valence-corrected chi connectivity index (χ4v) is 5.16. The third kappa shape index (κ3) is 4.67. The lowest BCUT2D eigenvalue weighted by Gasteiger charge is -2.40. The summed E-state index contributed by atoms with van der Waals surface area (Å²) >= 11 is 1.70. The van der Waals surface area contributed by atoms with Crippen molar-refractivity contribution in [3.05, 3.63) is 88.1 Å². The molecule has 34 heavy (non-hydrogen) atoms. The van der Waals surface area contributed by atoms with E-state index in [9.17, 15) is 4.39 Å². The van der Waals surface area contributed by atoms with Gasteiger partial charge >= 0.3 is 0 Å². The predicted octanol–water partition coefficient (Wildman–Crippen LogP) is 3.90. The Morgan fingerprint density at radius 3 is 2.41 bits per heavy atom. The van der Waals surface area contributed by atoms with Crippen LogP contribution >= 0.6 is 11.3 Å². The minimum Gasteiger partial charge on any atom is -0.378 e. The van der Waals surface area contributed by atoms with Crippen molar-refractivity contribution in [3.8, 4) is 0 Å². The number of thiophene rings is 1. The van der Waals surface area contributed by atoms with Crippen LogP contribution < -0.4 is 9.80 Å². The van der Waals surface area contributed by atoms with E-state index in [0.29, 0.717) is 12.2 Å². The van der Waals surface area contributed by atoms with Crippen LogP contribution in [-0.4, -0.2) is 65.4 Å². The molecule has 1 fully saturated rings. The van der Waals surface area contributed by atoms with Gasteiger partial charge in [0.2, 0.25) is 0 Å². The molecule has 0 unspecified atom stereocenters. The molecule has 0 aliphatic carbocycles. The standard InChI is InChI=1S/C25H28FN7S/c1-30(2)20-11-9-19(10-12-20)24(25-27-28-29-33(25)18-21-6-5-17-34-21)32-15-13-31(14-16-32)23-8-4-3-7-22(23)26/h3-12,17,24H,13-16,18H2,1-2H3/t24-/m1/s1. The summed E-state index contributed by atoms with van der Waals surface area (Å²) in [5, 5.41) is 14.9. The highest BCUT2D eigenvalue weighted by molar-refractivity contribution is 7.09. The van der Waals surface area contributed by atoms with Crippen LogP contribution in [0.5, 0.6) is 0 Å². The Morgan fingerprint density at radius 2 is 1.74 bits per heavy atom. The van der Waals surface area contributed by atoms with Gasteiger partial charge in [-0.2, -0.15) is 0 Å². The smallest absolute Gasteiger partial charge is 0.173 e. The Hall–Kier alpha value is -3.30. The molecule has 5 rings (SSSR count). The molecule has 1 aliphatic heterocycles. The molecule has 4 aromatic rings. The highest BCUT2D eigenvalue weighted by atomic mass is 32.1. The molecule has 176 valence electrons. The van der Waals surface area contributed by atoms with Crippen LogP contribution in [0.25, 0.3) is 0 Å². The fourth-order valence-electron chi connectivity index (χ4n) is 4.48. The molecule has 0 spiro atoms. The summed E-state index contributed by atoms with van der Waals surface area (Å²) in [4.78, 5) is 7.82. The molecule has 3 heterocycles. The Labute approximate surface area is 203 Å². The maximum Gasteiger partial charge on any atom is 0.173 e. The lowest BCUT2D eigenvalue weighted by Crippen LogP contribution is -2.48. The van der Waals surface area contributed by atoms with Gasteiger partial charge in [0.1, 0.15) is 5.82 Å². The van der Waals surface area contributed by atoms with Crippen molar-refractivity contribution < 1.29 is 4.39 Å². The zero-order chi connectivity index (χ0) is 23.5. The van der Waals surface area contributed by atoms with Gasteiger partial charge in [0.05, 0.1) is 18.3 Å². The topological polar surface area (TPSA) is 53.3 Å². The Balaban J connectivity index is 1.44. The number of aromatic nitrogens is 4. The third-order valence-electron chi connectivity index (χ3n) is 6.29. The maximum atomic E-state index is 14.4. The lowest BCUT2D eigenvalue weighted by atomic mass is 10.0. The Morgan fingerprint density at radius 1 is 0.971 bits per heavy atom. The number of tetrazole rings is 1. The first-order valence-electron chi connectivity index (χ1n) is 11.4. The van der Waals surface area contributed by atoms with E-state index in [4.69, 9.17) is 0 Å². The highest BCUT2D eigenvalue weighted by Crippen LogP contribution is 2.31. The average molecular weight is 478 g/mol. The quantitative estimate of drug-likeness (QED) is 0.403. The number of rotatable bonds is 7. The molecule has 7 nitrogen and oxygen atoms in total. The Bertz CT molecular complexity index is 1200. The van der Waals surface area contributed by atoms with E-state index in [-0.39, 0.29) is 11.9 Å². The molecule has 2 aromatic carbocycles. The highest BCUT2D eigenvalue weighted by Gasteiger charge is 2.31. The number of benzene rings is 2. The van der Waals surface area contributed by atoms with Gasteiger partial charge in [-0.15, -0.1) is 16.4 Å². The molecule has 2 aromatic heterocycles. The van der Waals surface area contributed by atoms with E-state index in [2.05, 4.69) is 65.9 Å². The second-order valence-electron chi connectivity index (χ2n) is 8.64. The molecule has 1 saturated heterocycles. The lowest BCUT2D eigenvalue weighted by molar-refractivity contribution is 0.201. The van der Waals surface area contributed by atoms with Crippen LogP contribution in [0.4, 0.5) is 15.8 Å². The summed E-state index contributed by atoms with van der Waals surface area (Å²) in [6.45, 7) is 3.67. The number of piperazine rings is 1. The van der Waals surface area contributed by atoms with E-state index in [0.717, 1.165) is 43.3 Å². The van der Waals surface area contributed by atoms with Crippen LogP contribution in [0, 0.1) is 5.82 Å². The van der Waals surface area contributed by atoms with Crippen LogP contribution in [-0.2, 0) is 6.54 Å². The van der Waals surface area contributed by atoms with Crippen LogP contribution in [0.15, 0.2) is 66.0 Å². The molecule has 0 amide bonds. The largest absolute Gasteiger partial charge is 0.378 e. The molecule has 0 bridgehead atoms. The molecular weight excluding hydrogens is 449 g/mol. The fraction of sp³-hybridized carbons (Fsp3) is 0.320. The molecule has 1 aliphatic rings. The van der Waals surface area contributed by atoms with Crippen LogP contribution in [0.3, 0.4) is 0 Å². The molecule has 0 radical (unpaired) electrons.